The van der Waals surface area contributed by atoms with Crippen molar-refractivity contribution in [2.45, 2.75) is 20.4 Å². The van der Waals surface area contributed by atoms with Crippen molar-refractivity contribution in [2.75, 3.05) is 19.6 Å². The van der Waals surface area contributed by atoms with Crippen LogP contribution in [0.4, 0.5) is 0 Å². The highest BCUT2D eigenvalue weighted by atomic mass is 15.4. The molecule has 0 aliphatic rings. The van der Waals surface area contributed by atoms with Crippen LogP contribution in [0.15, 0.2) is 24.3 Å². The van der Waals surface area contributed by atoms with E-state index in [9.17, 15) is 0 Å². The Morgan fingerprint density at radius 2 is 1.94 bits per heavy atom. The van der Waals surface area contributed by atoms with Crippen molar-refractivity contribution in [3.63, 3.8) is 0 Å². The predicted octanol–water partition coefficient (Wildman–Crippen LogP) is 1.77. The van der Waals surface area contributed by atoms with E-state index in [4.69, 9.17) is 0 Å². The Kier molecular flexibility index (Phi) is 3.51. The fourth-order valence-corrected chi connectivity index (χ4v) is 1.86. The van der Waals surface area contributed by atoms with Crippen LogP contribution in [0.1, 0.15) is 13.8 Å². The summed E-state index contributed by atoms with van der Waals surface area (Å²) in [5.74, 6) is 0. The van der Waals surface area contributed by atoms with Crippen LogP contribution in [0.25, 0.3) is 11.0 Å². The fourth-order valence-electron chi connectivity index (χ4n) is 1.86. The van der Waals surface area contributed by atoms with Gasteiger partial charge in [0.2, 0.25) is 0 Å². The first-order chi connectivity index (χ1) is 7.85. The van der Waals surface area contributed by atoms with Gasteiger partial charge in [-0.2, -0.15) is 0 Å². The third-order valence-electron chi connectivity index (χ3n) is 2.94. The van der Waals surface area contributed by atoms with Crippen LogP contribution in [-0.4, -0.2) is 39.5 Å². The molecule has 0 spiro atoms. The first-order valence-corrected chi connectivity index (χ1v) is 5.85. The quantitative estimate of drug-likeness (QED) is 0.767. The standard InChI is InChI=1S/C12H18N4/c1-3-15(4-2)9-10-16-12-8-6-5-7-11(12)13-14-16/h5-8H,3-4,9-10H2,1-2H3. The molecule has 0 atom stereocenters. The molecule has 0 bridgehead atoms. The molecule has 0 fully saturated rings. The number of hydrogen-bond donors (Lipinski definition) is 0. The molecule has 0 amide bonds. The zero-order valence-corrected chi connectivity index (χ0v) is 9.93. The van der Waals surface area contributed by atoms with E-state index in [0.717, 1.165) is 37.2 Å². The topological polar surface area (TPSA) is 34.0 Å². The number of hydrogen-bond acceptors (Lipinski definition) is 3. The van der Waals surface area contributed by atoms with Crippen LogP contribution < -0.4 is 0 Å². The summed E-state index contributed by atoms with van der Waals surface area (Å²) < 4.78 is 1.98. The highest BCUT2D eigenvalue weighted by Gasteiger charge is 2.04. The lowest BCUT2D eigenvalue weighted by molar-refractivity contribution is 0.286. The summed E-state index contributed by atoms with van der Waals surface area (Å²) >= 11 is 0. The molecule has 0 saturated heterocycles. The Bertz CT molecular complexity index is 445. The molecule has 1 aromatic carbocycles. The Hall–Kier alpha value is -1.42. The Morgan fingerprint density at radius 3 is 2.69 bits per heavy atom. The van der Waals surface area contributed by atoms with Crippen molar-refractivity contribution in [3.8, 4) is 0 Å². The minimum absolute atomic E-state index is 0.905. The van der Waals surface area contributed by atoms with Gasteiger partial charge in [-0.25, -0.2) is 4.68 Å². The number of benzene rings is 1. The van der Waals surface area contributed by atoms with Crippen LogP contribution in [0, 0.1) is 0 Å². The summed E-state index contributed by atoms with van der Waals surface area (Å²) in [5, 5.41) is 8.32. The SMILES string of the molecule is CCN(CC)CCn1nnc2ccccc21. The molecule has 0 aliphatic carbocycles. The van der Waals surface area contributed by atoms with E-state index in [0.29, 0.717) is 0 Å². The highest BCUT2D eigenvalue weighted by molar-refractivity contribution is 5.73. The van der Waals surface area contributed by atoms with Gasteiger partial charge in [-0.3, -0.25) is 0 Å². The Morgan fingerprint density at radius 1 is 1.19 bits per heavy atom. The first-order valence-electron chi connectivity index (χ1n) is 5.85. The molecule has 2 aromatic rings. The third-order valence-corrected chi connectivity index (χ3v) is 2.94. The van der Waals surface area contributed by atoms with Crippen molar-refractivity contribution in [2.24, 2.45) is 0 Å². The lowest BCUT2D eigenvalue weighted by Crippen LogP contribution is -2.27. The molecule has 1 heterocycles. The van der Waals surface area contributed by atoms with E-state index in [1.807, 2.05) is 22.9 Å². The van der Waals surface area contributed by atoms with E-state index < -0.39 is 0 Å². The maximum Gasteiger partial charge on any atom is 0.113 e. The second kappa shape index (κ2) is 5.07. The van der Waals surface area contributed by atoms with E-state index in [1.165, 1.54) is 0 Å². The van der Waals surface area contributed by atoms with Gasteiger partial charge in [0, 0.05) is 6.54 Å². The van der Waals surface area contributed by atoms with Gasteiger partial charge >= 0.3 is 0 Å². The Balaban J connectivity index is 2.09. The largest absolute Gasteiger partial charge is 0.302 e. The van der Waals surface area contributed by atoms with Crippen molar-refractivity contribution < 1.29 is 0 Å². The van der Waals surface area contributed by atoms with Gasteiger partial charge < -0.3 is 4.90 Å². The highest BCUT2D eigenvalue weighted by Crippen LogP contribution is 2.09. The average Bonchev–Trinajstić information content (AvgIpc) is 2.74. The number of aromatic nitrogens is 3. The second-order valence-electron chi connectivity index (χ2n) is 3.83. The van der Waals surface area contributed by atoms with Crippen LogP contribution in [-0.2, 0) is 6.54 Å². The van der Waals surface area contributed by atoms with Crippen LogP contribution in [0.3, 0.4) is 0 Å². The predicted molar refractivity (Wildman–Crippen MR) is 65.3 cm³/mol. The van der Waals surface area contributed by atoms with Gasteiger partial charge in [-0.1, -0.05) is 31.2 Å². The Labute approximate surface area is 95.9 Å². The minimum atomic E-state index is 0.905. The lowest BCUT2D eigenvalue weighted by Gasteiger charge is -2.17. The van der Waals surface area contributed by atoms with Crippen LogP contribution >= 0.6 is 0 Å². The lowest BCUT2D eigenvalue weighted by atomic mass is 10.3. The maximum absolute atomic E-state index is 4.18. The smallest absolute Gasteiger partial charge is 0.113 e. The van der Waals surface area contributed by atoms with Gasteiger partial charge in [-0.05, 0) is 25.2 Å². The summed E-state index contributed by atoms with van der Waals surface area (Å²) in [7, 11) is 0. The number of para-hydroxylation sites is 1. The summed E-state index contributed by atoms with van der Waals surface area (Å²) in [6, 6.07) is 8.08. The van der Waals surface area contributed by atoms with Crippen molar-refractivity contribution in [3.05, 3.63) is 24.3 Å². The molecule has 1 aromatic heterocycles. The van der Waals surface area contributed by atoms with Gasteiger partial charge in [0.15, 0.2) is 0 Å². The monoisotopic (exact) mass is 218 g/mol. The third kappa shape index (κ3) is 2.22. The van der Waals surface area contributed by atoms with E-state index in [2.05, 4.69) is 35.1 Å². The molecule has 0 aliphatic heterocycles. The molecule has 0 saturated carbocycles. The van der Waals surface area contributed by atoms with Crippen molar-refractivity contribution in [1.82, 2.24) is 19.9 Å². The molecule has 86 valence electrons. The van der Waals surface area contributed by atoms with Gasteiger partial charge in [0.1, 0.15) is 5.52 Å². The van der Waals surface area contributed by atoms with Gasteiger partial charge in [0.05, 0.1) is 12.1 Å². The number of nitrogens with zero attached hydrogens (tertiary/aromatic N) is 4. The molecule has 0 radical (unpaired) electrons. The summed E-state index contributed by atoms with van der Waals surface area (Å²) in [6.45, 7) is 8.47. The van der Waals surface area contributed by atoms with E-state index >= 15 is 0 Å². The summed E-state index contributed by atoms with van der Waals surface area (Å²) in [5.41, 5.74) is 2.09. The number of likely N-dealkylation sites (N-methyl/N-ethyl adjacent to an activating group) is 1. The van der Waals surface area contributed by atoms with Crippen molar-refractivity contribution in [1.29, 1.82) is 0 Å². The van der Waals surface area contributed by atoms with Gasteiger partial charge in [0.25, 0.3) is 0 Å². The van der Waals surface area contributed by atoms with Crippen molar-refractivity contribution >= 4 is 11.0 Å². The summed E-state index contributed by atoms with van der Waals surface area (Å²) in [4.78, 5) is 2.39. The fraction of sp³-hybridized carbons (Fsp3) is 0.500. The zero-order valence-electron chi connectivity index (χ0n) is 9.93. The van der Waals surface area contributed by atoms with Crippen LogP contribution in [0.5, 0.6) is 0 Å². The first kappa shape index (κ1) is 11.1. The maximum atomic E-state index is 4.18. The molecule has 4 nitrogen and oxygen atoms in total. The van der Waals surface area contributed by atoms with Gasteiger partial charge in [-0.15, -0.1) is 5.10 Å². The van der Waals surface area contributed by atoms with E-state index in [-0.39, 0.29) is 0 Å². The second-order valence-corrected chi connectivity index (χ2v) is 3.83. The molecular formula is C12H18N4. The average molecular weight is 218 g/mol. The molecule has 2 rings (SSSR count). The normalized spacial score (nSPS) is 11.4. The molecule has 0 N–H and O–H groups in total. The summed E-state index contributed by atoms with van der Waals surface area (Å²) in [6.07, 6.45) is 0. The molecule has 16 heavy (non-hydrogen) atoms. The zero-order chi connectivity index (χ0) is 11.4. The molecular weight excluding hydrogens is 200 g/mol. The molecule has 0 unspecified atom stereocenters. The van der Waals surface area contributed by atoms with Crippen LogP contribution in [0.2, 0.25) is 0 Å². The van der Waals surface area contributed by atoms with E-state index in [1.54, 1.807) is 0 Å². The minimum Gasteiger partial charge on any atom is -0.302 e. The number of rotatable bonds is 5. The molecule has 4 heteroatoms. The number of fused-ring (bicyclic) bond motifs is 1.